The molecule has 0 amide bonds. The summed E-state index contributed by atoms with van der Waals surface area (Å²) in [7, 11) is 0. The Balaban J connectivity index is 3.47. The summed E-state index contributed by atoms with van der Waals surface area (Å²) < 4.78 is 0. The van der Waals surface area contributed by atoms with Gasteiger partial charge in [0.2, 0.25) is 0 Å². The van der Waals surface area contributed by atoms with Crippen LogP contribution < -0.4 is 0 Å². The number of oxime groups is 1. The van der Waals surface area contributed by atoms with Crippen molar-refractivity contribution < 1.29 is 5.21 Å². The van der Waals surface area contributed by atoms with E-state index in [-0.39, 0.29) is 0 Å². The Hall–Kier alpha value is -0.530. The summed E-state index contributed by atoms with van der Waals surface area (Å²) in [5.41, 5.74) is 0.823. The van der Waals surface area contributed by atoms with Gasteiger partial charge in [0.25, 0.3) is 0 Å². The maximum atomic E-state index is 8.27. The second-order valence-corrected chi connectivity index (χ2v) is 2.55. The average Bonchev–Trinajstić information content (AvgIpc) is 1.87. The van der Waals surface area contributed by atoms with E-state index in [9.17, 15) is 0 Å². The quantitative estimate of drug-likeness (QED) is 0.354. The van der Waals surface area contributed by atoms with Crippen molar-refractivity contribution in [2.24, 2.45) is 11.1 Å². The molecule has 0 radical (unpaired) electrons. The maximum Gasteiger partial charge on any atom is 0.0542 e. The molecule has 9 heavy (non-hydrogen) atoms. The van der Waals surface area contributed by atoms with Gasteiger partial charge < -0.3 is 5.21 Å². The average molecular weight is 129 g/mol. The summed E-state index contributed by atoms with van der Waals surface area (Å²) in [6.07, 6.45) is 2.06. The lowest BCUT2D eigenvalue weighted by molar-refractivity contribution is 0.316. The van der Waals surface area contributed by atoms with E-state index < -0.39 is 0 Å². The van der Waals surface area contributed by atoms with Gasteiger partial charge in [-0.25, -0.2) is 0 Å². The lowest BCUT2D eigenvalue weighted by Gasteiger charge is -2.04. The van der Waals surface area contributed by atoms with Crippen molar-refractivity contribution in [2.45, 2.75) is 33.6 Å². The Labute approximate surface area is 56.6 Å². The second kappa shape index (κ2) is 4.36. The van der Waals surface area contributed by atoms with Gasteiger partial charge in [-0.05, 0) is 19.3 Å². The Morgan fingerprint density at radius 3 is 2.56 bits per heavy atom. The zero-order chi connectivity index (χ0) is 7.28. The fourth-order valence-electron chi connectivity index (χ4n) is 0.689. The maximum absolute atomic E-state index is 8.27. The van der Waals surface area contributed by atoms with Gasteiger partial charge in [0.05, 0.1) is 5.71 Å². The number of rotatable bonds is 3. The van der Waals surface area contributed by atoms with Crippen LogP contribution in [0.4, 0.5) is 0 Å². The highest BCUT2D eigenvalue weighted by molar-refractivity contribution is 5.81. The van der Waals surface area contributed by atoms with Crippen LogP contribution in [0.2, 0.25) is 0 Å². The van der Waals surface area contributed by atoms with E-state index in [0.29, 0.717) is 5.92 Å². The summed E-state index contributed by atoms with van der Waals surface area (Å²) in [6, 6.07) is 0. The van der Waals surface area contributed by atoms with Crippen molar-refractivity contribution in [2.75, 3.05) is 0 Å². The summed E-state index contributed by atoms with van der Waals surface area (Å²) >= 11 is 0. The molecule has 0 aromatic rings. The van der Waals surface area contributed by atoms with Crippen LogP contribution in [0.25, 0.3) is 0 Å². The molecule has 0 bridgehead atoms. The normalized spacial score (nSPS) is 15.7. The zero-order valence-corrected chi connectivity index (χ0v) is 6.39. The van der Waals surface area contributed by atoms with E-state index in [1.54, 1.807) is 0 Å². The van der Waals surface area contributed by atoms with Crippen LogP contribution in [0.15, 0.2) is 5.16 Å². The fraction of sp³-hybridized carbons (Fsp3) is 0.857. The molecular formula is C7H15NO. The number of hydrogen-bond acceptors (Lipinski definition) is 2. The number of nitrogens with zero attached hydrogens (tertiary/aromatic N) is 1. The van der Waals surface area contributed by atoms with Crippen LogP contribution in [0, 0.1) is 5.92 Å². The van der Waals surface area contributed by atoms with Gasteiger partial charge >= 0.3 is 0 Å². The summed E-state index contributed by atoms with van der Waals surface area (Å²) in [6.45, 7) is 6.12. The lowest BCUT2D eigenvalue weighted by Crippen LogP contribution is -2.00. The van der Waals surface area contributed by atoms with Crippen LogP contribution in [0.5, 0.6) is 0 Å². The Morgan fingerprint density at radius 2 is 2.22 bits per heavy atom. The number of hydrogen-bond donors (Lipinski definition) is 1. The van der Waals surface area contributed by atoms with Crippen molar-refractivity contribution in [1.82, 2.24) is 0 Å². The van der Waals surface area contributed by atoms with Gasteiger partial charge in [0.15, 0.2) is 0 Å². The van der Waals surface area contributed by atoms with Gasteiger partial charge in [0.1, 0.15) is 0 Å². The van der Waals surface area contributed by atoms with E-state index in [2.05, 4.69) is 19.0 Å². The molecule has 0 aliphatic carbocycles. The molecule has 0 saturated carbocycles. The van der Waals surface area contributed by atoms with Crippen LogP contribution in [-0.4, -0.2) is 10.9 Å². The van der Waals surface area contributed by atoms with Crippen LogP contribution >= 0.6 is 0 Å². The summed E-state index contributed by atoms with van der Waals surface area (Å²) in [5.74, 6) is 0.640. The van der Waals surface area contributed by atoms with Gasteiger partial charge in [-0.2, -0.15) is 0 Å². The minimum atomic E-state index is 0.640. The molecular weight excluding hydrogens is 114 g/mol. The summed E-state index contributed by atoms with van der Waals surface area (Å²) in [4.78, 5) is 0. The van der Waals surface area contributed by atoms with E-state index in [0.717, 1.165) is 18.6 Å². The van der Waals surface area contributed by atoms with E-state index in [4.69, 9.17) is 5.21 Å². The molecule has 1 N–H and O–H groups in total. The van der Waals surface area contributed by atoms with Crippen molar-refractivity contribution in [1.29, 1.82) is 0 Å². The lowest BCUT2D eigenvalue weighted by atomic mass is 10.0. The highest BCUT2D eigenvalue weighted by Crippen LogP contribution is 2.06. The first-order valence-corrected chi connectivity index (χ1v) is 3.38. The predicted octanol–water partition coefficient (Wildman–Crippen LogP) is 2.27. The van der Waals surface area contributed by atoms with E-state index in [1.807, 2.05) is 6.92 Å². The highest BCUT2D eigenvalue weighted by Gasteiger charge is 1.99. The Kier molecular flexibility index (Phi) is 4.10. The molecule has 0 spiro atoms. The molecule has 0 aromatic carbocycles. The minimum Gasteiger partial charge on any atom is -0.411 e. The second-order valence-electron chi connectivity index (χ2n) is 2.55. The molecule has 0 aliphatic heterocycles. The van der Waals surface area contributed by atoms with Crippen molar-refractivity contribution in [3.05, 3.63) is 0 Å². The molecule has 0 heterocycles. The van der Waals surface area contributed by atoms with Crippen molar-refractivity contribution >= 4 is 5.71 Å². The fourth-order valence-corrected chi connectivity index (χ4v) is 0.689. The van der Waals surface area contributed by atoms with Crippen LogP contribution in [0.3, 0.4) is 0 Å². The zero-order valence-electron chi connectivity index (χ0n) is 6.39. The largest absolute Gasteiger partial charge is 0.411 e. The third-order valence-electron chi connectivity index (χ3n) is 1.51. The third kappa shape index (κ3) is 4.01. The van der Waals surface area contributed by atoms with Crippen LogP contribution in [0.1, 0.15) is 33.6 Å². The first-order chi connectivity index (χ1) is 4.20. The SMILES string of the molecule is CCC(C)C/C(C)=N/O. The van der Waals surface area contributed by atoms with E-state index in [1.165, 1.54) is 0 Å². The minimum absolute atomic E-state index is 0.640. The molecule has 0 rings (SSSR count). The van der Waals surface area contributed by atoms with Gasteiger partial charge in [0, 0.05) is 0 Å². The first kappa shape index (κ1) is 8.47. The standard InChI is InChI=1S/C7H15NO/c1-4-6(2)5-7(3)8-9/h6,9H,4-5H2,1-3H3/b8-7+. The first-order valence-electron chi connectivity index (χ1n) is 3.38. The molecule has 0 saturated heterocycles. The summed E-state index contributed by atoms with van der Waals surface area (Å²) in [5, 5.41) is 11.4. The molecule has 0 aliphatic rings. The van der Waals surface area contributed by atoms with Gasteiger partial charge in [-0.3, -0.25) is 0 Å². The van der Waals surface area contributed by atoms with Crippen molar-refractivity contribution in [3.63, 3.8) is 0 Å². The smallest absolute Gasteiger partial charge is 0.0542 e. The van der Waals surface area contributed by atoms with Gasteiger partial charge in [-0.15, -0.1) is 0 Å². The molecule has 54 valence electrons. The Morgan fingerprint density at radius 1 is 1.67 bits per heavy atom. The Bertz CT molecular complexity index is 99.1. The molecule has 2 nitrogen and oxygen atoms in total. The molecule has 0 fully saturated rings. The third-order valence-corrected chi connectivity index (χ3v) is 1.51. The van der Waals surface area contributed by atoms with Crippen LogP contribution in [-0.2, 0) is 0 Å². The predicted molar refractivity (Wildman–Crippen MR) is 39.0 cm³/mol. The highest BCUT2D eigenvalue weighted by atomic mass is 16.4. The van der Waals surface area contributed by atoms with Gasteiger partial charge in [-0.1, -0.05) is 25.4 Å². The molecule has 1 atom stereocenters. The topological polar surface area (TPSA) is 32.6 Å². The molecule has 0 aromatic heterocycles. The van der Waals surface area contributed by atoms with Crippen molar-refractivity contribution in [3.8, 4) is 0 Å². The van der Waals surface area contributed by atoms with E-state index >= 15 is 0 Å². The molecule has 2 heteroatoms. The molecule has 1 unspecified atom stereocenters. The monoisotopic (exact) mass is 129 g/mol.